The largest absolute Gasteiger partial charge is 0.320 e. The lowest BCUT2D eigenvalue weighted by Crippen LogP contribution is -2.46. The summed E-state index contributed by atoms with van der Waals surface area (Å²) in [4.78, 5) is 0. The molecule has 5 nitrogen and oxygen atoms in total. The van der Waals surface area contributed by atoms with Crippen molar-refractivity contribution in [2.75, 3.05) is 24.4 Å². The van der Waals surface area contributed by atoms with Gasteiger partial charge in [-0.05, 0) is 38.1 Å². The molecule has 0 atom stereocenters. The number of anilines is 2. The smallest absolute Gasteiger partial charge is 0.308 e. The van der Waals surface area contributed by atoms with Crippen LogP contribution in [0.1, 0.15) is 18.4 Å². The summed E-state index contributed by atoms with van der Waals surface area (Å²) in [6, 6.07) is 7.45. The van der Waals surface area contributed by atoms with Crippen molar-refractivity contribution in [2.45, 2.75) is 19.4 Å². The van der Waals surface area contributed by atoms with Crippen molar-refractivity contribution in [3.05, 3.63) is 59.4 Å². The number of para-hydroxylation sites is 1. The van der Waals surface area contributed by atoms with Crippen LogP contribution in [-0.4, -0.2) is 32.9 Å². The van der Waals surface area contributed by atoms with Crippen molar-refractivity contribution >= 4 is 21.6 Å². The van der Waals surface area contributed by atoms with Crippen LogP contribution in [0.3, 0.4) is 0 Å². The van der Waals surface area contributed by atoms with E-state index in [4.69, 9.17) is 0 Å². The maximum atomic E-state index is 14.4. The number of hydrogen-bond donors (Lipinski definition) is 1. The van der Waals surface area contributed by atoms with Gasteiger partial charge in [0.2, 0.25) is 0 Å². The second-order valence-electron chi connectivity index (χ2n) is 6.26. The van der Waals surface area contributed by atoms with E-state index in [1.807, 2.05) is 0 Å². The van der Waals surface area contributed by atoms with Crippen molar-refractivity contribution in [3.8, 4) is 0 Å². The van der Waals surface area contributed by atoms with Crippen LogP contribution in [0, 0.1) is 17.5 Å². The number of hydrogen-bond acceptors (Lipinski definition) is 3. The highest BCUT2D eigenvalue weighted by atomic mass is 32.2. The second kappa shape index (κ2) is 7.87. The molecule has 0 unspecified atom stereocenters. The summed E-state index contributed by atoms with van der Waals surface area (Å²) in [5.74, 6) is -3.66. The average molecular weight is 399 g/mol. The van der Waals surface area contributed by atoms with Crippen LogP contribution in [0.5, 0.6) is 0 Å². The second-order valence-corrected chi connectivity index (χ2v) is 8.04. The maximum absolute atomic E-state index is 14.4. The zero-order chi connectivity index (χ0) is 19.6. The molecule has 0 aliphatic carbocycles. The third-order valence-corrected chi connectivity index (χ3v) is 6.19. The SMILES string of the molecule is CNCCCCN1Cc2ccccc2N(c2c(F)cc(F)cc2F)S1(=O)=O. The van der Waals surface area contributed by atoms with E-state index in [1.54, 1.807) is 25.2 Å². The van der Waals surface area contributed by atoms with Crippen LogP contribution < -0.4 is 9.62 Å². The summed E-state index contributed by atoms with van der Waals surface area (Å²) >= 11 is 0. The minimum atomic E-state index is -4.23. The first-order valence-corrected chi connectivity index (χ1v) is 9.93. The zero-order valence-electron chi connectivity index (χ0n) is 14.8. The number of rotatable bonds is 6. The van der Waals surface area contributed by atoms with Crippen molar-refractivity contribution in [2.24, 2.45) is 0 Å². The predicted octanol–water partition coefficient (Wildman–Crippen LogP) is 3.30. The van der Waals surface area contributed by atoms with Gasteiger partial charge in [0, 0.05) is 25.2 Å². The van der Waals surface area contributed by atoms with Gasteiger partial charge in [-0.15, -0.1) is 0 Å². The fourth-order valence-corrected chi connectivity index (χ4v) is 4.83. The third-order valence-electron chi connectivity index (χ3n) is 4.38. The van der Waals surface area contributed by atoms with E-state index in [0.29, 0.717) is 28.4 Å². The topological polar surface area (TPSA) is 52.6 Å². The first kappa shape index (κ1) is 19.7. The Morgan fingerprint density at radius 1 is 1.07 bits per heavy atom. The van der Waals surface area contributed by atoms with E-state index < -0.39 is 33.3 Å². The molecule has 0 radical (unpaired) electrons. The van der Waals surface area contributed by atoms with E-state index in [-0.39, 0.29) is 18.8 Å². The molecule has 27 heavy (non-hydrogen) atoms. The Kier molecular flexibility index (Phi) is 5.73. The molecular formula is C18H20F3N3O2S. The predicted molar refractivity (Wildman–Crippen MR) is 97.4 cm³/mol. The monoisotopic (exact) mass is 399 g/mol. The molecule has 1 heterocycles. The van der Waals surface area contributed by atoms with Crippen LogP contribution in [0.4, 0.5) is 24.5 Å². The molecule has 0 amide bonds. The molecule has 1 aliphatic rings. The van der Waals surface area contributed by atoms with E-state index in [1.165, 1.54) is 10.4 Å². The van der Waals surface area contributed by atoms with E-state index in [2.05, 4.69) is 5.32 Å². The molecule has 0 saturated heterocycles. The number of unbranched alkanes of at least 4 members (excludes halogenated alkanes) is 1. The van der Waals surface area contributed by atoms with Gasteiger partial charge in [-0.3, -0.25) is 0 Å². The van der Waals surface area contributed by atoms with Gasteiger partial charge in [0.15, 0.2) is 11.6 Å². The molecule has 2 aromatic carbocycles. The molecule has 146 valence electrons. The van der Waals surface area contributed by atoms with E-state index in [9.17, 15) is 21.6 Å². The van der Waals surface area contributed by atoms with Crippen molar-refractivity contribution in [1.82, 2.24) is 9.62 Å². The quantitative estimate of drug-likeness (QED) is 0.759. The summed E-state index contributed by atoms with van der Waals surface area (Å²) in [7, 11) is -2.43. The molecular weight excluding hydrogens is 379 g/mol. The van der Waals surface area contributed by atoms with Gasteiger partial charge >= 0.3 is 10.2 Å². The lowest BCUT2D eigenvalue weighted by Gasteiger charge is -2.37. The summed E-state index contributed by atoms with van der Waals surface area (Å²) in [6.45, 7) is 1.05. The Bertz CT molecular complexity index is 914. The van der Waals surface area contributed by atoms with E-state index in [0.717, 1.165) is 13.0 Å². The van der Waals surface area contributed by atoms with Crippen molar-refractivity contribution < 1.29 is 21.6 Å². The first-order valence-electron chi connectivity index (χ1n) is 8.53. The number of nitrogens with one attached hydrogen (secondary N) is 1. The van der Waals surface area contributed by atoms with Gasteiger partial charge in [0.1, 0.15) is 11.5 Å². The minimum Gasteiger partial charge on any atom is -0.320 e. The normalized spacial score (nSPS) is 16.4. The number of nitrogens with zero attached hydrogens (tertiary/aromatic N) is 2. The lowest BCUT2D eigenvalue weighted by molar-refractivity contribution is 0.388. The lowest BCUT2D eigenvalue weighted by atomic mass is 10.1. The number of fused-ring (bicyclic) bond motifs is 1. The molecule has 9 heteroatoms. The van der Waals surface area contributed by atoms with Crippen molar-refractivity contribution in [3.63, 3.8) is 0 Å². The zero-order valence-corrected chi connectivity index (χ0v) is 15.6. The Labute approximate surface area is 156 Å². The van der Waals surface area contributed by atoms with Crippen LogP contribution >= 0.6 is 0 Å². The summed E-state index contributed by atoms with van der Waals surface area (Å²) < 4.78 is 70.2. The highest BCUT2D eigenvalue weighted by molar-refractivity contribution is 7.90. The van der Waals surface area contributed by atoms with Gasteiger partial charge in [-0.25, -0.2) is 17.5 Å². The molecule has 0 fully saturated rings. The minimum absolute atomic E-state index is 0.110. The van der Waals surface area contributed by atoms with Gasteiger partial charge < -0.3 is 5.32 Å². The summed E-state index contributed by atoms with van der Waals surface area (Å²) in [5, 5.41) is 2.98. The summed E-state index contributed by atoms with van der Waals surface area (Å²) in [5.41, 5.74) is -0.0266. The molecule has 2 aromatic rings. The van der Waals surface area contributed by atoms with Crippen LogP contribution in [-0.2, 0) is 16.8 Å². The number of benzene rings is 2. The molecule has 0 bridgehead atoms. The Hall–Kier alpha value is -2.10. The van der Waals surface area contributed by atoms with Crippen LogP contribution in [0.15, 0.2) is 36.4 Å². The fourth-order valence-electron chi connectivity index (χ4n) is 3.10. The van der Waals surface area contributed by atoms with Crippen molar-refractivity contribution in [1.29, 1.82) is 0 Å². The molecule has 0 saturated carbocycles. The summed E-state index contributed by atoms with van der Waals surface area (Å²) in [6.07, 6.45) is 1.34. The van der Waals surface area contributed by atoms with Crippen LogP contribution in [0.25, 0.3) is 0 Å². The van der Waals surface area contributed by atoms with Crippen LogP contribution in [0.2, 0.25) is 0 Å². The van der Waals surface area contributed by atoms with Gasteiger partial charge in [-0.1, -0.05) is 18.2 Å². The number of halogens is 3. The molecule has 1 aliphatic heterocycles. The Morgan fingerprint density at radius 2 is 1.74 bits per heavy atom. The Morgan fingerprint density at radius 3 is 2.41 bits per heavy atom. The first-order chi connectivity index (χ1) is 12.9. The van der Waals surface area contributed by atoms with Gasteiger partial charge in [0.25, 0.3) is 0 Å². The maximum Gasteiger partial charge on any atom is 0.308 e. The third kappa shape index (κ3) is 3.80. The molecule has 0 aromatic heterocycles. The standard InChI is InChI=1S/C18H20F3N3O2S/c1-22-8-4-5-9-23-12-13-6-2-3-7-17(13)24(27(23,25)26)18-15(20)10-14(19)11-16(18)21/h2-3,6-7,10-11,22H,4-5,8-9,12H2,1H3. The highest BCUT2D eigenvalue weighted by Crippen LogP contribution is 2.40. The fraction of sp³-hybridized carbons (Fsp3) is 0.333. The average Bonchev–Trinajstić information content (AvgIpc) is 2.60. The highest BCUT2D eigenvalue weighted by Gasteiger charge is 2.39. The molecule has 0 spiro atoms. The van der Waals surface area contributed by atoms with E-state index >= 15 is 0 Å². The molecule has 3 rings (SSSR count). The Balaban J connectivity index is 2.08. The van der Waals surface area contributed by atoms with Gasteiger partial charge in [0.05, 0.1) is 5.69 Å². The molecule has 1 N–H and O–H groups in total. The van der Waals surface area contributed by atoms with Gasteiger partial charge in [-0.2, -0.15) is 12.7 Å².